The quantitative estimate of drug-likeness (QED) is 0.748. The fourth-order valence-electron chi connectivity index (χ4n) is 3.03. The zero-order valence-corrected chi connectivity index (χ0v) is 15.6. The molecule has 8 heteroatoms. The molecular weight excluding hydrogens is 370 g/mol. The fraction of sp³-hybridized carbons (Fsp3) is 0.222. The molecule has 132 valence electrons. The Labute approximate surface area is 159 Å². The van der Waals surface area contributed by atoms with Crippen LogP contribution in [0.4, 0.5) is 0 Å². The molecule has 0 aliphatic carbocycles. The number of hydrogen-bond donors (Lipinski definition) is 1. The minimum absolute atomic E-state index is 0.310. The van der Waals surface area contributed by atoms with Crippen molar-refractivity contribution in [2.24, 2.45) is 10.7 Å². The number of primary amides is 1. The predicted octanol–water partition coefficient (Wildman–Crippen LogP) is 3.06. The van der Waals surface area contributed by atoms with Gasteiger partial charge in [-0.2, -0.15) is 0 Å². The molecule has 2 N–H and O–H groups in total. The van der Waals surface area contributed by atoms with E-state index < -0.39 is 0 Å². The summed E-state index contributed by atoms with van der Waals surface area (Å²) >= 11 is 8.04. The number of halogens is 1. The van der Waals surface area contributed by atoms with Crippen LogP contribution in [-0.2, 0) is 17.8 Å². The van der Waals surface area contributed by atoms with Crippen LogP contribution in [0.25, 0.3) is 5.00 Å². The number of aryl methyl sites for hydroxylation is 2. The van der Waals surface area contributed by atoms with Gasteiger partial charge in [-0.15, -0.1) is 21.5 Å². The third kappa shape index (κ3) is 2.93. The van der Waals surface area contributed by atoms with E-state index in [2.05, 4.69) is 16.3 Å². The Hall–Kier alpha value is -2.51. The number of carbonyl (C=O) groups is 1. The summed E-state index contributed by atoms with van der Waals surface area (Å²) in [5.41, 5.74) is 8.00. The summed E-state index contributed by atoms with van der Waals surface area (Å²) in [6, 6.07) is 9.73. The van der Waals surface area contributed by atoms with Crippen LogP contribution >= 0.6 is 22.9 Å². The summed E-state index contributed by atoms with van der Waals surface area (Å²) in [4.78, 5) is 17.0. The van der Waals surface area contributed by atoms with Gasteiger partial charge < -0.3 is 5.73 Å². The zero-order chi connectivity index (χ0) is 18.3. The highest BCUT2D eigenvalue weighted by molar-refractivity contribution is 7.15. The molecule has 4 rings (SSSR count). The first-order valence-corrected chi connectivity index (χ1v) is 9.36. The van der Waals surface area contributed by atoms with Gasteiger partial charge in [0.05, 0.1) is 5.71 Å². The summed E-state index contributed by atoms with van der Waals surface area (Å²) in [6.45, 7) is 2.35. The normalized spacial score (nSPS) is 12.9. The lowest BCUT2D eigenvalue weighted by Gasteiger charge is -2.08. The largest absolute Gasteiger partial charge is 0.370 e. The molecule has 0 radical (unpaired) electrons. The molecule has 1 aromatic carbocycles. The van der Waals surface area contributed by atoms with Crippen LogP contribution in [-0.4, -0.2) is 26.4 Å². The average molecular weight is 386 g/mol. The Kier molecular flexibility index (Phi) is 4.34. The van der Waals surface area contributed by atoms with Gasteiger partial charge in [-0.1, -0.05) is 29.8 Å². The van der Waals surface area contributed by atoms with Crippen LogP contribution in [0, 0.1) is 6.92 Å². The number of aliphatic imine (C=N–C) groups is 1. The third-order valence-corrected chi connectivity index (χ3v) is 5.75. The molecule has 0 saturated heterocycles. The van der Waals surface area contributed by atoms with Crippen molar-refractivity contribution in [2.75, 3.05) is 0 Å². The molecule has 1 amide bonds. The smallest absolute Gasteiger partial charge is 0.217 e. The third-order valence-electron chi connectivity index (χ3n) is 4.24. The van der Waals surface area contributed by atoms with Crippen LogP contribution in [0.5, 0.6) is 0 Å². The van der Waals surface area contributed by atoms with E-state index in [9.17, 15) is 4.79 Å². The first kappa shape index (κ1) is 16.9. The fourth-order valence-corrected chi connectivity index (χ4v) is 4.48. The Balaban J connectivity index is 1.89. The lowest BCUT2D eigenvalue weighted by Crippen LogP contribution is -2.10. The lowest BCUT2D eigenvalue weighted by atomic mass is 10.0. The van der Waals surface area contributed by atoms with Crippen molar-refractivity contribution in [1.29, 1.82) is 0 Å². The van der Waals surface area contributed by atoms with Crippen molar-refractivity contribution in [1.82, 2.24) is 14.8 Å². The van der Waals surface area contributed by atoms with E-state index >= 15 is 0 Å². The second kappa shape index (κ2) is 6.66. The predicted molar refractivity (Wildman–Crippen MR) is 102 cm³/mol. The molecule has 26 heavy (non-hydrogen) atoms. The molecule has 0 fully saturated rings. The highest BCUT2D eigenvalue weighted by atomic mass is 35.5. The molecule has 1 aliphatic heterocycles. The number of nitrogens with two attached hydrogens (primary N) is 1. The van der Waals surface area contributed by atoms with Crippen LogP contribution in [0.15, 0.2) is 35.3 Å². The van der Waals surface area contributed by atoms with Crippen molar-refractivity contribution in [3.8, 4) is 5.00 Å². The number of thiophene rings is 1. The second-order valence-electron chi connectivity index (χ2n) is 6.04. The van der Waals surface area contributed by atoms with Crippen LogP contribution in [0.1, 0.15) is 34.1 Å². The van der Waals surface area contributed by atoms with Crippen LogP contribution in [0.3, 0.4) is 0 Å². The van der Waals surface area contributed by atoms with E-state index in [1.807, 2.05) is 35.8 Å². The molecule has 1 aliphatic rings. The molecule has 0 saturated carbocycles. The van der Waals surface area contributed by atoms with E-state index in [1.165, 1.54) is 0 Å². The van der Waals surface area contributed by atoms with Crippen LogP contribution in [0.2, 0.25) is 5.02 Å². The van der Waals surface area contributed by atoms with E-state index in [0.717, 1.165) is 38.4 Å². The molecule has 6 nitrogen and oxygen atoms in total. The maximum Gasteiger partial charge on any atom is 0.217 e. The van der Waals surface area contributed by atoms with Crippen molar-refractivity contribution < 1.29 is 4.79 Å². The summed E-state index contributed by atoms with van der Waals surface area (Å²) in [7, 11) is 0. The molecule has 3 heterocycles. The Morgan fingerprint density at radius 1 is 1.31 bits per heavy atom. The first-order chi connectivity index (χ1) is 12.5. The zero-order valence-electron chi connectivity index (χ0n) is 14.1. The van der Waals surface area contributed by atoms with Gasteiger partial charge in [-0.25, -0.2) is 0 Å². The van der Waals surface area contributed by atoms with Crippen LogP contribution < -0.4 is 5.73 Å². The summed E-state index contributed by atoms with van der Waals surface area (Å²) < 4.78 is 2.03. The maximum atomic E-state index is 11.2. The van der Waals surface area contributed by atoms with Gasteiger partial charge in [0.1, 0.15) is 17.4 Å². The summed E-state index contributed by atoms with van der Waals surface area (Å²) in [5, 5.41) is 10.1. The van der Waals surface area contributed by atoms with Gasteiger partial charge in [0.15, 0.2) is 5.82 Å². The SMILES string of the molecule is Cc1nnc2n1-c1sc(CCC(N)=O)cc1C(c1ccccc1Cl)=NC2. The van der Waals surface area contributed by atoms with Crippen molar-refractivity contribution >= 4 is 34.6 Å². The Morgan fingerprint density at radius 2 is 2.12 bits per heavy atom. The minimum atomic E-state index is -0.310. The Morgan fingerprint density at radius 3 is 2.88 bits per heavy atom. The highest BCUT2D eigenvalue weighted by Gasteiger charge is 2.25. The average Bonchev–Trinajstić information content (AvgIpc) is 3.14. The van der Waals surface area contributed by atoms with Crippen molar-refractivity contribution in [3.63, 3.8) is 0 Å². The standard InChI is InChI=1S/C18H16ClN5OS/c1-10-22-23-16-9-21-17(12-4-2-3-5-14(12)19)13-8-11(6-7-15(20)25)26-18(13)24(10)16/h2-5,8H,6-7,9H2,1H3,(H2,20,25). The Bertz CT molecular complexity index is 1040. The van der Waals surface area contributed by atoms with E-state index in [1.54, 1.807) is 11.3 Å². The number of fused-ring (bicyclic) bond motifs is 3. The minimum Gasteiger partial charge on any atom is -0.370 e. The molecule has 3 aromatic rings. The molecule has 0 spiro atoms. The molecule has 0 atom stereocenters. The van der Waals surface area contributed by atoms with Gasteiger partial charge in [0, 0.05) is 27.4 Å². The van der Waals surface area contributed by atoms with Gasteiger partial charge in [0.2, 0.25) is 5.91 Å². The van der Waals surface area contributed by atoms with Crippen molar-refractivity contribution in [3.05, 3.63) is 63.0 Å². The number of hydrogen-bond acceptors (Lipinski definition) is 5. The molecule has 2 aromatic heterocycles. The topological polar surface area (TPSA) is 86.2 Å². The number of nitrogens with zero attached hydrogens (tertiary/aromatic N) is 4. The van der Waals surface area contributed by atoms with Gasteiger partial charge >= 0.3 is 0 Å². The van der Waals surface area contributed by atoms with Crippen molar-refractivity contribution in [2.45, 2.75) is 26.3 Å². The molecular formula is C18H16ClN5OS. The maximum absolute atomic E-state index is 11.2. The number of carbonyl (C=O) groups excluding carboxylic acids is 1. The lowest BCUT2D eigenvalue weighted by molar-refractivity contribution is -0.117. The second-order valence-corrected chi connectivity index (χ2v) is 7.56. The van der Waals surface area contributed by atoms with E-state index in [4.69, 9.17) is 22.3 Å². The first-order valence-electron chi connectivity index (χ1n) is 8.16. The van der Waals surface area contributed by atoms with E-state index in [0.29, 0.717) is 24.4 Å². The number of rotatable bonds is 4. The molecule has 0 bridgehead atoms. The van der Waals surface area contributed by atoms with E-state index in [-0.39, 0.29) is 5.91 Å². The monoisotopic (exact) mass is 385 g/mol. The summed E-state index contributed by atoms with van der Waals surface area (Å²) in [5.74, 6) is 1.28. The van der Waals surface area contributed by atoms with Gasteiger partial charge in [0.25, 0.3) is 0 Å². The highest BCUT2D eigenvalue weighted by Crippen LogP contribution is 2.34. The number of aromatic nitrogens is 3. The molecule has 0 unspecified atom stereocenters. The van der Waals surface area contributed by atoms with Gasteiger partial charge in [-0.05, 0) is 25.5 Å². The van der Waals surface area contributed by atoms with Gasteiger partial charge in [-0.3, -0.25) is 14.4 Å². The summed E-state index contributed by atoms with van der Waals surface area (Å²) in [6.07, 6.45) is 0.908. The number of benzene rings is 1. The number of amides is 1.